The van der Waals surface area contributed by atoms with Crippen LogP contribution in [0.5, 0.6) is 0 Å². The lowest BCUT2D eigenvalue weighted by Crippen LogP contribution is -2.56. The Morgan fingerprint density at radius 2 is 1.16 bits per heavy atom. The Balaban J connectivity index is 1.65. The molecule has 0 bridgehead atoms. The first-order valence-electron chi connectivity index (χ1n) is 10.5. The predicted octanol–water partition coefficient (Wildman–Crippen LogP) is 2.25. The summed E-state index contributed by atoms with van der Waals surface area (Å²) in [6.07, 6.45) is -3.69. The maximum atomic E-state index is 11.6. The van der Waals surface area contributed by atoms with Crippen molar-refractivity contribution in [2.24, 2.45) is 0 Å². The van der Waals surface area contributed by atoms with E-state index in [1.54, 1.807) is 0 Å². The number of hydrogen-bond donors (Lipinski definition) is 4. The van der Waals surface area contributed by atoms with Crippen LogP contribution in [0, 0.1) is 0 Å². The second kappa shape index (κ2) is 8.91. The van der Waals surface area contributed by atoms with E-state index in [2.05, 4.69) is 0 Å². The first kappa shape index (κ1) is 21.7. The molecule has 0 aromatic heterocycles. The van der Waals surface area contributed by atoms with Crippen molar-refractivity contribution in [2.75, 3.05) is 0 Å². The summed E-state index contributed by atoms with van der Waals surface area (Å²) in [6.45, 7) is 0. The molecule has 31 heavy (non-hydrogen) atoms. The fraction of sp³-hybridized carbons (Fsp3) is 0.308. The fourth-order valence-corrected chi connectivity index (χ4v) is 4.45. The molecule has 0 radical (unpaired) electrons. The van der Waals surface area contributed by atoms with E-state index < -0.39 is 29.7 Å². The Labute approximate surface area is 182 Å². The van der Waals surface area contributed by atoms with Crippen LogP contribution < -0.4 is 0 Å². The molecule has 0 saturated carbocycles. The SMILES string of the molecule is OC(Cc1ccccc1)[C@H]1O[C@@](O)(Cc2ccccc2)[C@H](O)[C@@]1(O)Cc1ccccc1. The van der Waals surface area contributed by atoms with E-state index in [0.717, 1.165) is 16.7 Å². The van der Waals surface area contributed by atoms with Gasteiger partial charge in [0.1, 0.15) is 17.8 Å². The molecule has 5 nitrogen and oxygen atoms in total. The van der Waals surface area contributed by atoms with Crippen LogP contribution in [0.15, 0.2) is 91.0 Å². The van der Waals surface area contributed by atoms with Crippen molar-refractivity contribution in [1.29, 1.82) is 0 Å². The van der Waals surface area contributed by atoms with Gasteiger partial charge < -0.3 is 25.2 Å². The van der Waals surface area contributed by atoms with E-state index in [4.69, 9.17) is 4.74 Å². The molecule has 5 heteroatoms. The number of aliphatic hydroxyl groups is 4. The maximum absolute atomic E-state index is 11.6. The summed E-state index contributed by atoms with van der Waals surface area (Å²) in [5, 5.41) is 45.1. The van der Waals surface area contributed by atoms with Crippen LogP contribution in [-0.4, -0.2) is 50.1 Å². The second-order valence-electron chi connectivity index (χ2n) is 8.36. The molecule has 0 amide bonds. The Kier molecular flexibility index (Phi) is 6.23. The van der Waals surface area contributed by atoms with Gasteiger partial charge >= 0.3 is 0 Å². The van der Waals surface area contributed by atoms with Crippen LogP contribution >= 0.6 is 0 Å². The van der Waals surface area contributed by atoms with Gasteiger partial charge in [0, 0.05) is 19.3 Å². The van der Waals surface area contributed by atoms with E-state index in [1.807, 2.05) is 91.0 Å². The van der Waals surface area contributed by atoms with Gasteiger partial charge in [-0.1, -0.05) is 91.0 Å². The largest absolute Gasteiger partial charge is 0.390 e. The summed E-state index contributed by atoms with van der Waals surface area (Å²) >= 11 is 0. The molecular formula is C26H28O5. The highest BCUT2D eigenvalue weighted by molar-refractivity contribution is 5.25. The van der Waals surface area contributed by atoms with E-state index >= 15 is 0 Å². The first-order chi connectivity index (χ1) is 14.9. The third-order valence-corrected chi connectivity index (χ3v) is 5.99. The molecule has 1 fully saturated rings. The number of ether oxygens (including phenoxy) is 1. The molecule has 0 aliphatic carbocycles. The monoisotopic (exact) mass is 420 g/mol. The zero-order valence-electron chi connectivity index (χ0n) is 17.2. The van der Waals surface area contributed by atoms with Gasteiger partial charge in [0.2, 0.25) is 0 Å². The molecule has 5 atom stereocenters. The minimum Gasteiger partial charge on any atom is -0.390 e. The Morgan fingerprint density at radius 3 is 1.68 bits per heavy atom. The first-order valence-corrected chi connectivity index (χ1v) is 10.5. The van der Waals surface area contributed by atoms with Crippen LogP contribution in [-0.2, 0) is 24.0 Å². The lowest BCUT2D eigenvalue weighted by molar-refractivity contribution is -0.235. The molecule has 3 aromatic carbocycles. The van der Waals surface area contributed by atoms with Gasteiger partial charge in [-0.05, 0) is 16.7 Å². The standard InChI is InChI=1S/C26H28O5/c27-22(16-19-10-4-1-5-11-19)23-25(29,17-20-12-6-2-7-13-20)24(28)26(30,31-23)18-21-14-8-3-9-15-21/h1-15,22-24,27-30H,16-18H2/t22?,23-,24-,25-,26+/m1/s1. The zero-order valence-corrected chi connectivity index (χ0v) is 17.2. The molecule has 4 N–H and O–H groups in total. The van der Waals surface area contributed by atoms with Gasteiger partial charge in [-0.15, -0.1) is 0 Å². The normalized spacial score (nSPS) is 29.0. The topological polar surface area (TPSA) is 90.2 Å². The number of aliphatic hydroxyl groups excluding tert-OH is 2. The lowest BCUT2D eigenvalue weighted by atomic mass is 9.79. The molecule has 3 aromatic rings. The molecule has 4 rings (SSSR count). The van der Waals surface area contributed by atoms with Gasteiger partial charge in [-0.3, -0.25) is 0 Å². The number of hydrogen-bond acceptors (Lipinski definition) is 5. The van der Waals surface area contributed by atoms with Crippen molar-refractivity contribution in [3.63, 3.8) is 0 Å². The molecule has 1 aliphatic rings. The van der Waals surface area contributed by atoms with Crippen molar-refractivity contribution >= 4 is 0 Å². The van der Waals surface area contributed by atoms with Crippen molar-refractivity contribution in [3.8, 4) is 0 Å². The average molecular weight is 421 g/mol. The third-order valence-electron chi connectivity index (χ3n) is 5.99. The average Bonchev–Trinajstić information content (AvgIpc) is 2.97. The number of rotatable bonds is 7. The lowest BCUT2D eigenvalue weighted by Gasteiger charge is -2.34. The summed E-state index contributed by atoms with van der Waals surface area (Å²) in [5.74, 6) is -2.03. The van der Waals surface area contributed by atoms with Crippen molar-refractivity contribution in [3.05, 3.63) is 108 Å². The summed E-state index contributed by atoms with van der Waals surface area (Å²) in [7, 11) is 0. The summed E-state index contributed by atoms with van der Waals surface area (Å²) in [4.78, 5) is 0. The summed E-state index contributed by atoms with van der Waals surface area (Å²) in [5.41, 5.74) is 0.519. The Morgan fingerprint density at radius 1 is 0.710 bits per heavy atom. The molecular weight excluding hydrogens is 392 g/mol. The predicted molar refractivity (Wildman–Crippen MR) is 117 cm³/mol. The number of benzene rings is 3. The van der Waals surface area contributed by atoms with Crippen LogP contribution in [0.2, 0.25) is 0 Å². The van der Waals surface area contributed by atoms with E-state index in [0.29, 0.717) is 0 Å². The highest BCUT2D eigenvalue weighted by Crippen LogP contribution is 2.43. The quantitative estimate of drug-likeness (QED) is 0.471. The fourth-order valence-electron chi connectivity index (χ4n) is 4.45. The molecule has 0 spiro atoms. The molecule has 1 aliphatic heterocycles. The molecule has 1 heterocycles. The smallest absolute Gasteiger partial charge is 0.199 e. The van der Waals surface area contributed by atoms with Crippen molar-refractivity contribution in [1.82, 2.24) is 0 Å². The highest BCUT2D eigenvalue weighted by Gasteiger charge is 2.64. The summed E-state index contributed by atoms with van der Waals surface area (Å²) < 4.78 is 5.89. The summed E-state index contributed by atoms with van der Waals surface area (Å²) in [6, 6.07) is 27.7. The van der Waals surface area contributed by atoms with Gasteiger partial charge in [-0.25, -0.2) is 0 Å². The minimum absolute atomic E-state index is 0.0132. The van der Waals surface area contributed by atoms with E-state index in [1.165, 1.54) is 0 Å². The highest BCUT2D eigenvalue weighted by atomic mass is 16.7. The van der Waals surface area contributed by atoms with Crippen molar-refractivity contribution in [2.45, 2.75) is 49.0 Å². The van der Waals surface area contributed by atoms with Crippen LogP contribution in [0.1, 0.15) is 16.7 Å². The molecule has 1 unspecified atom stereocenters. The van der Waals surface area contributed by atoms with Gasteiger partial charge in [0.25, 0.3) is 0 Å². The van der Waals surface area contributed by atoms with E-state index in [-0.39, 0.29) is 19.3 Å². The van der Waals surface area contributed by atoms with E-state index in [9.17, 15) is 20.4 Å². The van der Waals surface area contributed by atoms with Gasteiger partial charge in [0.15, 0.2) is 5.79 Å². The molecule has 1 saturated heterocycles. The Bertz CT molecular complexity index is 965. The second-order valence-corrected chi connectivity index (χ2v) is 8.36. The maximum Gasteiger partial charge on any atom is 0.199 e. The third kappa shape index (κ3) is 4.56. The van der Waals surface area contributed by atoms with Crippen LogP contribution in [0.3, 0.4) is 0 Å². The minimum atomic E-state index is -2.03. The van der Waals surface area contributed by atoms with Gasteiger partial charge in [0.05, 0.1) is 6.10 Å². The zero-order chi connectivity index (χ0) is 21.9. The van der Waals surface area contributed by atoms with Crippen molar-refractivity contribution < 1.29 is 25.2 Å². The Hall–Kier alpha value is -2.54. The van der Waals surface area contributed by atoms with Crippen LogP contribution in [0.25, 0.3) is 0 Å². The van der Waals surface area contributed by atoms with Gasteiger partial charge in [-0.2, -0.15) is 0 Å². The molecule has 162 valence electrons. The van der Waals surface area contributed by atoms with Crippen LogP contribution in [0.4, 0.5) is 0 Å².